The molecule has 0 radical (unpaired) electrons. The summed E-state index contributed by atoms with van der Waals surface area (Å²) in [6, 6.07) is 0. The van der Waals surface area contributed by atoms with Crippen molar-refractivity contribution in [2.75, 3.05) is 19.6 Å². The van der Waals surface area contributed by atoms with E-state index in [-0.39, 0.29) is 0 Å². The molecule has 0 heterocycles. The molecule has 0 aliphatic heterocycles. The molecule has 0 N–H and O–H groups in total. The van der Waals surface area contributed by atoms with E-state index in [1.807, 2.05) is 0 Å². The quantitative estimate of drug-likeness (QED) is 0.413. The van der Waals surface area contributed by atoms with E-state index in [9.17, 15) is 0 Å². The lowest BCUT2D eigenvalue weighted by molar-refractivity contribution is -0.788. The van der Waals surface area contributed by atoms with Crippen molar-refractivity contribution in [3.05, 3.63) is 0 Å². The van der Waals surface area contributed by atoms with Crippen LogP contribution in [0.15, 0.2) is 0 Å². The molecule has 0 saturated carbocycles. The van der Waals surface area contributed by atoms with Crippen molar-refractivity contribution in [1.29, 1.82) is 0 Å². The first-order valence-electron chi connectivity index (χ1n) is 3.25. The van der Waals surface area contributed by atoms with Gasteiger partial charge in [-0.2, -0.15) is 0 Å². The first-order chi connectivity index (χ1) is 3.68. The predicted molar refractivity (Wildman–Crippen MR) is 39.2 cm³/mol. The van der Waals surface area contributed by atoms with E-state index in [0.717, 1.165) is 23.5 Å². The minimum Gasteiger partial charge on any atom is -0.494 e. The normalized spacial score (nSPS) is 12.0. The summed E-state index contributed by atoms with van der Waals surface area (Å²) in [6.07, 6.45) is 0. The zero-order valence-corrected chi connectivity index (χ0v) is 6.79. The first kappa shape index (κ1) is 8.31. The van der Waals surface area contributed by atoms with Gasteiger partial charge in [0.15, 0.2) is 0 Å². The maximum Gasteiger partial charge on any atom is 0.0593 e. The van der Waals surface area contributed by atoms with Gasteiger partial charge >= 0.3 is 0 Å². The lowest BCUT2D eigenvalue weighted by Crippen LogP contribution is -2.41. The number of hydrogen-bond acceptors (Lipinski definition) is 1. The number of nitrogens with zero attached hydrogens (tertiary/aromatic N) is 1. The second-order valence-corrected chi connectivity index (χ2v) is 2.78. The molecule has 0 saturated heterocycles. The fourth-order valence-corrected chi connectivity index (χ4v) is 0.671. The highest BCUT2D eigenvalue weighted by Gasteiger charge is 2.02. The molecule has 2 heteroatoms. The Morgan fingerprint density at radius 3 is 1.25 bits per heavy atom. The van der Waals surface area contributed by atoms with Gasteiger partial charge in [-0.1, -0.05) is 0 Å². The number of rotatable bonds is 3. The Hall–Kier alpha value is 0.310. The van der Waals surface area contributed by atoms with Gasteiger partial charge in [0.05, 0.1) is 19.6 Å². The summed E-state index contributed by atoms with van der Waals surface area (Å²) < 4.78 is 0.792. The molecule has 0 aliphatic carbocycles. The van der Waals surface area contributed by atoms with Crippen molar-refractivity contribution in [2.45, 2.75) is 20.8 Å². The summed E-state index contributed by atoms with van der Waals surface area (Å²) >= 11 is 5.24. The van der Waals surface area contributed by atoms with Crippen molar-refractivity contribution >= 4 is 12.8 Å². The molecule has 0 fully saturated rings. The average Bonchev–Trinajstić information content (AvgIpc) is 1.87. The average molecular weight is 133 g/mol. The van der Waals surface area contributed by atoms with Crippen LogP contribution in [-0.2, 0) is 12.8 Å². The molecule has 0 rings (SSSR count). The van der Waals surface area contributed by atoms with Crippen molar-refractivity contribution in [3.63, 3.8) is 0 Å². The summed E-state index contributed by atoms with van der Waals surface area (Å²) in [5, 5.41) is 0. The first-order valence-corrected chi connectivity index (χ1v) is 3.62. The Labute approximate surface area is 57.8 Å². The fraction of sp³-hybridized carbons (Fsp3) is 1.00. The SMILES string of the molecule is CC[N+]([S-])(CC)CC. The number of hydrogen-bond donors (Lipinski definition) is 0. The maximum atomic E-state index is 5.24. The van der Waals surface area contributed by atoms with Crippen LogP contribution in [-0.4, -0.2) is 23.5 Å². The van der Waals surface area contributed by atoms with Crippen LogP contribution in [0.1, 0.15) is 20.8 Å². The highest BCUT2D eigenvalue weighted by molar-refractivity contribution is 7.52. The molecule has 50 valence electrons. The van der Waals surface area contributed by atoms with Gasteiger partial charge in [-0.05, 0) is 20.8 Å². The summed E-state index contributed by atoms with van der Waals surface area (Å²) in [6.45, 7) is 9.63. The van der Waals surface area contributed by atoms with Crippen molar-refractivity contribution in [2.24, 2.45) is 0 Å². The Bertz CT molecular complexity index is 51.3. The summed E-state index contributed by atoms with van der Waals surface area (Å²) in [5.74, 6) is 0. The van der Waals surface area contributed by atoms with Crippen LogP contribution >= 0.6 is 0 Å². The summed E-state index contributed by atoms with van der Waals surface area (Å²) in [7, 11) is 0. The molecule has 0 amide bonds. The van der Waals surface area contributed by atoms with E-state index in [0.29, 0.717) is 0 Å². The molecule has 0 atom stereocenters. The molecule has 0 aromatic heterocycles. The summed E-state index contributed by atoms with van der Waals surface area (Å²) in [5.41, 5.74) is 0. The minimum absolute atomic E-state index is 0.792. The third-order valence-corrected chi connectivity index (χ3v) is 2.50. The molecule has 0 aromatic rings. The molecule has 0 aromatic carbocycles. The second-order valence-electron chi connectivity index (χ2n) is 2.01. The molecule has 0 spiro atoms. The third kappa shape index (κ3) is 2.05. The molecule has 0 bridgehead atoms. The van der Waals surface area contributed by atoms with Crippen molar-refractivity contribution < 1.29 is 3.89 Å². The van der Waals surface area contributed by atoms with Crippen molar-refractivity contribution in [3.8, 4) is 0 Å². The topological polar surface area (TPSA) is 0 Å². The largest absolute Gasteiger partial charge is 0.494 e. The number of quaternary nitrogens is 1. The predicted octanol–water partition coefficient (Wildman–Crippen LogP) is 1.32. The fourth-order valence-electron chi connectivity index (χ4n) is 0.671. The van der Waals surface area contributed by atoms with Crippen LogP contribution in [0.5, 0.6) is 0 Å². The van der Waals surface area contributed by atoms with E-state index in [2.05, 4.69) is 20.8 Å². The van der Waals surface area contributed by atoms with E-state index in [1.54, 1.807) is 0 Å². The van der Waals surface area contributed by atoms with Gasteiger partial charge < -0.3 is 16.7 Å². The highest BCUT2D eigenvalue weighted by atomic mass is 32.1. The lowest BCUT2D eigenvalue weighted by Gasteiger charge is -2.41. The zero-order valence-electron chi connectivity index (χ0n) is 5.98. The minimum atomic E-state index is 0.792. The van der Waals surface area contributed by atoms with Crippen LogP contribution < -0.4 is 0 Å². The van der Waals surface area contributed by atoms with Gasteiger partial charge in [0, 0.05) is 0 Å². The van der Waals surface area contributed by atoms with Gasteiger partial charge in [-0.3, -0.25) is 0 Å². The molecule has 8 heavy (non-hydrogen) atoms. The van der Waals surface area contributed by atoms with Crippen LogP contribution in [0, 0.1) is 0 Å². The monoisotopic (exact) mass is 133 g/mol. The molecule has 1 nitrogen and oxygen atoms in total. The Kier molecular flexibility index (Phi) is 3.49. The Balaban J connectivity index is 3.58. The standard InChI is InChI=1S/C6H15NS/c1-4-7(8,5-2)6-3/h4-6H2,1-3H3. The molecule has 0 aliphatic rings. The van der Waals surface area contributed by atoms with E-state index < -0.39 is 0 Å². The highest BCUT2D eigenvalue weighted by Crippen LogP contribution is 1.99. The van der Waals surface area contributed by atoms with Crippen molar-refractivity contribution in [1.82, 2.24) is 0 Å². The van der Waals surface area contributed by atoms with Crippen LogP contribution in [0.3, 0.4) is 0 Å². The van der Waals surface area contributed by atoms with Crippen LogP contribution in [0.25, 0.3) is 0 Å². The summed E-state index contributed by atoms with van der Waals surface area (Å²) in [4.78, 5) is 0. The van der Waals surface area contributed by atoms with E-state index in [4.69, 9.17) is 12.8 Å². The van der Waals surface area contributed by atoms with Gasteiger partial charge in [-0.25, -0.2) is 0 Å². The van der Waals surface area contributed by atoms with Crippen LogP contribution in [0.4, 0.5) is 0 Å². The smallest absolute Gasteiger partial charge is 0.0593 e. The van der Waals surface area contributed by atoms with Gasteiger partial charge in [0.1, 0.15) is 0 Å². The zero-order chi connectivity index (χ0) is 6.62. The molecular weight excluding hydrogens is 118 g/mol. The van der Waals surface area contributed by atoms with Gasteiger partial charge in [-0.15, -0.1) is 0 Å². The third-order valence-electron chi connectivity index (χ3n) is 1.73. The van der Waals surface area contributed by atoms with Crippen LogP contribution in [0.2, 0.25) is 0 Å². The lowest BCUT2D eigenvalue weighted by atomic mass is 10.5. The molecular formula is C6H15NS. The Morgan fingerprint density at radius 1 is 1.00 bits per heavy atom. The van der Waals surface area contributed by atoms with Gasteiger partial charge in [0.25, 0.3) is 0 Å². The second kappa shape index (κ2) is 3.36. The molecule has 0 unspecified atom stereocenters. The van der Waals surface area contributed by atoms with E-state index >= 15 is 0 Å². The van der Waals surface area contributed by atoms with Gasteiger partial charge in [0.2, 0.25) is 0 Å². The Morgan fingerprint density at radius 2 is 1.25 bits per heavy atom. The maximum absolute atomic E-state index is 5.24. The van der Waals surface area contributed by atoms with E-state index in [1.165, 1.54) is 0 Å².